The number of aryl methyl sites for hydroxylation is 1. The topological polar surface area (TPSA) is 35.3 Å². The first-order valence-electron chi connectivity index (χ1n) is 6.13. The lowest BCUT2D eigenvalue weighted by atomic mass is 10.0. The molecule has 0 fully saturated rings. The molecule has 3 rings (SSSR count). The van der Waals surface area contributed by atoms with Crippen LogP contribution in [0.15, 0.2) is 47.1 Å². The third-order valence-electron chi connectivity index (χ3n) is 3.06. The minimum Gasteiger partial charge on any atom is -0.406 e. The van der Waals surface area contributed by atoms with Crippen molar-refractivity contribution in [2.24, 2.45) is 0 Å². The fourth-order valence-corrected chi connectivity index (χ4v) is 2.17. The van der Waals surface area contributed by atoms with Gasteiger partial charge in [0.1, 0.15) is 5.75 Å². The molecular weight excluding hydrogens is 283 g/mol. The van der Waals surface area contributed by atoms with Crippen LogP contribution in [0, 0.1) is 6.92 Å². The molecule has 2 aromatic carbocycles. The van der Waals surface area contributed by atoms with Crippen molar-refractivity contribution in [3.63, 3.8) is 0 Å². The molecule has 0 amide bonds. The van der Waals surface area contributed by atoms with E-state index < -0.39 is 6.36 Å². The molecule has 0 radical (unpaired) electrons. The molecule has 0 unspecified atom stereocenters. The Balaban J connectivity index is 1.95. The van der Waals surface area contributed by atoms with Gasteiger partial charge in [-0.05, 0) is 47.9 Å². The molecule has 0 aliphatic rings. The Bertz CT molecular complexity index is 776. The summed E-state index contributed by atoms with van der Waals surface area (Å²) < 4.78 is 45.3. The monoisotopic (exact) mass is 293 g/mol. The number of fused-ring (bicyclic) bond motifs is 1. The summed E-state index contributed by atoms with van der Waals surface area (Å²) in [5.41, 5.74) is 3.28. The quantitative estimate of drug-likeness (QED) is 0.687. The first-order chi connectivity index (χ1) is 9.92. The van der Waals surface area contributed by atoms with E-state index in [0.29, 0.717) is 5.58 Å². The van der Waals surface area contributed by atoms with Crippen LogP contribution in [0.5, 0.6) is 5.75 Å². The zero-order valence-corrected chi connectivity index (χ0v) is 10.9. The highest BCUT2D eigenvalue weighted by atomic mass is 19.4. The Kier molecular flexibility index (Phi) is 3.08. The molecule has 1 aromatic heterocycles. The summed E-state index contributed by atoms with van der Waals surface area (Å²) in [6.07, 6.45) is -3.08. The van der Waals surface area contributed by atoms with E-state index in [2.05, 4.69) is 9.89 Å². The van der Waals surface area contributed by atoms with Crippen LogP contribution >= 0.6 is 0 Å². The Morgan fingerprint density at radius 3 is 2.43 bits per heavy atom. The summed E-state index contributed by atoms with van der Waals surface area (Å²) in [5.74, 6) is -0.242. The normalized spacial score (nSPS) is 11.8. The van der Waals surface area contributed by atoms with Gasteiger partial charge < -0.3 is 9.26 Å². The van der Waals surface area contributed by atoms with Gasteiger partial charge >= 0.3 is 6.36 Å². The van der Waals surface area contributed by atoms with Gasteiger partial charge in [0.15, 0.2) is 5.58 Å². The molecule has 21 heavy (non-hydrogen) atoms. The predicted octanol–water partition coefficient (Wildman–Crippen LogP) is 4.70. The molecular formula is C15H10F3NO2. The van der Waals surface area contributed by atoms with Gasteiger partial charge in [-0.15, -0.1) is 13.2 Å². The minimum atomic E-state index is -4.68. The number of nitrogens with zero attached hydrogens (tertiary/aromatic N) is 1. The smallest absolute Gasteiger partial charge is 0.406 e. The molecule has 0 saturated heterocycles. The van der Waals surface area contributed by atoms with Crippen molar-refractivity contribution in [2.45, 2.75) is 13.3 Å². The van der Waals surface area contributed by atoms with Crippen LogP contribution < -0.4 is 4.74 Å². The fraction of sp³-hybridized carbons (Fsp3) is 0.133. The van der Waals surface area contributed by atoms with E-state index in [1.54, 1.807) is 18.3 Å². The number of benzene rings is 2. The van der Waals surface area contributed by atoms with E-state index in [1.807, 2.05) is 19.1 Å². The third-order valence-corrected chi connectivity index (χ3v) is 3.06. The van der Waals surface area contributed by atoms with E-state index in [0.717, 1.165) is 22.1 Å². The zero-order valence-electron chi connectivity index (χ0n) is 10.9. The molecule has 1 heterocycles. The van der Waals surface area contributed by atoms with E-state index in [9.17, 15) is 13.2 Å². The Hall–Kier alpha value is -2.50. The van der Waals surface area contributed by atoms with Crippen molar-refractivity contribution in [1.82, 2.24) is 5.16 Å². The second-order valence-electron chi connectivity index (χ2n) is 4.61. The molecule has 6 heteroatoms. The summed E-state index contributed by atoms with van der Waals surface area (Å²) in [4.78, 5) is 0. The molecule has 0 bridgehead atoms. The average molecular weight is 293 g/mol. The molecule has 3 nitrogen and oxygen atoms in total. The van der Waals surface area contributed by atoms with Crippen LogP contribution in [0.4, 0.5) is 13.2 Å². The lowest BCUT2D eigenvalue weighted by Gasteiger charge is -2.09. The first kappa shape index (κ1) is 13.5. The van der Waals surface area contributed by atoms with Crippen molar-refractivity contribution in [2.75, 3.05) is 0 Å². The summed E-state index contributed by atoms with van der Waals surface area (Å²) >= 11 is 0. The van der Waals surface area contributed by atoms with E-state index in [1.165, 1.54) is 12.1 Å². The van der Waals surface area contributed by atoms with Gasteiger partial charge in [0.25, 0.3) is 0 Å². The second kappa shape index (κ2) is 4.80. The molecule has 0 aliphatic carbocycles. The molecule has 0 N–H and O–H groups in total. The summed E-state index contributed by atoms with van der Waals surface area (Å²) in [6, 6.07) is 9.50. The van der Waals surface area contributed by atoms with Gasteiger partial charge in [0, 0.05) is 5.39 Å². The summed E-state index contributed by atoms with van der Waals surface area (Å²) in [6.45, 7) is 1.89. The highest BCUT2D eigenvalue weighted by molar-refractivity contribution is 5.85. The number of ether oxygens (including phenoxy) is 1. The number of halogens is 3. The first-order valence-corrected chi connectivity index (χ1v) is 6.13. The third kappa shape index (κ3) is 2.84. The van der Waals surface area contributed by atoms with Crippen molar-refractivity contribution in [3.8, 4) is 16.9 Å². The summed E-state index contributed by atoms with van der Waals surface area (Å²) in [5, 5.41) is 4.58. The van der Waals surface area contributed by atoms with Crippen LogP contribution in [0.25, 0.3) is 22.1 Å². The lowest BCUT2D eigenvalue weighted by Crippen LogP contribution is -2.16. The Morgan fingerprint density at radius 1 is 1.05 bits per heavy atom. The highest BCUT2D eigenvalue weighted by Crippen LogP contribution is 2.30. The molecule has 0 atom stereocenters. The highest BCUT2D eigenvalue weighted by Gasteiger charge is 2.30. The van der Waals surface area contributed by atoms with Crippen LogP contribution in [0.2, 0.25) is 0 Å². The van der Waals surface area contributed by atoms with Crippen molar-refractivity contribution in [1.29, 1.82) is 0 Å². The van der Waals surface area contributed by atoms with E-state index >= 15 is 0 Å². The van der Waals surface area contributed by atoms with Crippen LogP contribution in [-0.4, -0.2) is 11.5 Å². The van der Waals surface area contributed by atoms with Crippen LogP contribution in [0.1, 0.15) is 5.56 Å². The Labute approximate surface area is 117 Å². The SMILES string of the molecule is Cc1cc(-c2ccc(OC(F)(F)F)cc2)cc2cnoc12. The van der Waals surface area contributed by atoms with Gasteiger partial charge in [-0.2, -0.15) is 0 Å². The van der Waals surface area contributed by atoms with Gasteiger partial charge in [0.05, 0.1) is 6.20 Å². The minimum absolute atomic E-state index is 0.242. The molecule has 108 valence electrons. The standard InChI is InChI=1S/C15H10F3NO2/c1-9-6-11(7-12-8-19-21-14(9)12)10-2-4-13(5-3-10)20-15(16,17)18/h2-8H,1H3. The fourth-order valence-electron chi connectivity index (χ4n) is 2.17. The lowest BCUT2D eigenvalue weighted by molar-refractivity contribution is -0.274. The Morgan fingerprint density at radius 2 is 1.76 bits per heavy atom. The maximum absolute atomic E-state index is 12.1. The van der Waals surface area contributed by atoms with Crippen LogP contribution in [0.3, 0.4) is 0 Å². The molecule has 0 spiro atoms. The number of hydrogen-bond donors (Lipinski definition) is 0. The molecule has 3 aromatic rings. The number of rotatable bonds is 2. The maximum Gasteiger partial charge on any atom is 0.573 e. The molecule has 0 saturated carbocycles. The van der Waals surface area contributed by atoms with Crippen molar-refractivity contribution in [3.05, 3.63) is 48.2 Å². The van der Waals surface area contributed by atoms with Crippen molar-refractivity contribution >= 4 is 11.0 Å². The van der Waals surface area contributed by atoms with Gasteiger partial charge in [-0.25, -0.2) is 0 Å². The second-order valence-corrected chi connectivity index (χ2v) is 4.61. The van der Waals surface area contributed by atoms with Gasteiger partial charge in [-0.3, -0.25) is 0 Å². The van der Waals surface area contributed by atoms with Crippen molar-refractivity contribution < 1.29 is 22.4 Å². The average Bonchev–Trinajstić information content (AvgIpc) is 2.86. The van der Waals surface area contributed by atoms with Gasteiger partial charge in [0.2, 0.25) is 0 Å². The van der Waals surface area contributed by atoms with E-state index in [4.69, 9.17) is 4.52 Å². The number of aromatic nitrogens is 1. The van der Waals surface area contributed by atoms with E-state index in [-0.39, 0.29) is 5.75 Å². The number of hydrogen-bond acceptors (Lipinski definition) is 3. The summed E-state index contributed by atoms with van der Waals surface area (Å²) in [7, 11) is 0. The zero-order chi connectivity index (χ0) is 15.0. The maximum atomic E-state index is 12.1. The predicted molar refractivity (Wildman–Crippen MR) is 70.9 cm³/mol. The van der Waals surface area contributed by atoms with Gasteiger partial charge in [-0.1, -0.05) is 17.3 Å². The molecule has 0 aliphatic heterocycles. The van der Waals surface area contributed by atoms with Crippen LogP contribution in [-0.2, 0) is 0 Å². The largest absolute Gasteiger partial charge is 0.573 e. The number of alkyl halides is 3.